The Balaban J connectivity index is 1.73. The molecular formula is C16H19BrO3. The van der Waals surface area contributed by atoms with Crippen molar-refractivity contribution in [2.75, 3.05) is 19.8 Å². The highest BCUT2D eigenvalue weighted by molar-refractivity contribution is 9.10. The van der Waals surface area contributed by atoms with Gasteiger partial charge in [-0.1, -0.05) is 28.1 Å². The highest BCUT2D eigenvalue weighted by atomic mass is 79.9. The molecule has 108 valence electrons. The summed E-state index contributed by atoms with van der Waals surface area (Å²) >= 11 is 3.40. The predicted molar refractivity (Wildman–Crippen MR) is 79.9 cm³/mol. The zero-order valence-corrected chi connectivity index (χ0v) is 13.0. The van der Waals surface area contributed by atoms with Crippen molar-refractivity contribution in [2.45, 2.75) is 31.3 Å². The van der Waals surface area contributed by atoms with E-state index in [0.29, 0.717) is 6.61 Å². The fraction of sp³-hybridized carbons (Fsp3) is 0.562. The molecule has 0 radical (unpaired) electrons. The molecule has 1 atom stereocenters. The summed E-state index contributed by atoms with van der Waals surface area (Å²) in [5.74, 6) is 0.342. The summed E-state index contributed by atoms with van der Waals surface area (Å²) in [6.07, 6.45) is 3.50. The van der Waals surface area contributed by atoms with Gasteiger partial charge in [0.25, 0.3) is 0 Å². The Hall–Kier alpha value is -0.710. The molecule has 0 bridgehead atoms. The molecule has 3 rings (SSSR count). The number of ketones is 1. The maximum atomic E-state index is 12.6. The molecule has 1 aromatic rings. The van der Waals surface area contributed by atoms with E-state index in [9.17, 15) is 4.79 Å². The van der Waals surface area contributed by atoms with Gasteiger partial charge in [-0.25, -0.2) is 0 Å². The number of ether oxygens (including phenoxy) is 2. The van der Waals surface area contributed by atoms with E-state index in [1.165, 1.54) is 0 Å². The van der Waals surface area contributed by atoms with Gasteiger partial charge in [0.2, 0.25) is 0 Å². The molecule has 0 amide bonds. The third-order valence-corrected chi connectivity index (χ3v) is 4.93. The molecule has 2 aliphatic heterocycles. The number of hydrogen-bond acceptors (Lipinski definition) is 3. The zero-order chi connectivity index (χ0) is 14.0. The number of carbonyl (C=O) groups is 1. The molecule has 3 nitrogen and oxygen atoms in total. The fourth-order valence-electron chi connectivity index (χ4n) is 3.19. The first-order chi connectivity index (χ1) is 9.69. The fourth-order valence-corrected chi connectivity index (χ4v) is 3.46. The largest absolute Gasteiger partial charge is 0.381 e. The summed E-state index contributed by atoms with van der Waals surface area (Å²) in [5.41, 5.74) is 0.689. The number of hydrogen-bond donors (Lipinski definition) is 0. The molecule has 1 aromatic carbocycles. The number of halogens is 1. The van der Waals surface area contributed by atoms with Crippen LogP contribution in [-0.2, 0) is 9.47 Å². The molecule has 2 fully saturated rings. The van der Waals surface area contributed by atoms with Gasteiger partial charge in [-0.2, -0.15) is 0 Å². The molecule has 20 heavy (non-hydrogen) atoms. The van der Waals surface area contributed by atoms with Crippen LogP contribution in [-0.4, -0.2) is 31.2 Å². The molecule has 2 saturated heterocycles. The Bertz CT molecular complexity index is 471. The smallest absolute Gasteiger partial charge is 0.166 e. The average molecular weight is 339 g/mol. The molecule has 2 heterocycles. The second-order valence-electron chi connectivity index (χ2n) is 5.70. The lowest BCUT2D eigenvalue weighted by Crippen LogP contribution is -2.45. The van der Waals surface area contributed by atoms with E-state index in [2.05, 4.69) is 15.9 Å². The number of benzene rings is 1. The van der Waals surface area contributed by atoms with Gasteiger partial charge in [0.05, 0.1) is 5.60 Å². The van der Waals surface area contributed by atoms with E-state index in [1.807, 2.05) is 24.3 Å². The van der Waals surface area contributed by atoms with Crippen LogP contribution in [0.5, 0.6) is 0 Å². The third-order valence-electron chi connectivity index (χ3n) is 4.40. The number of rotatable bonds is 2. The standard InChI is InChI=1S/C16H19BrO3/c17-14-3-1-12(2-4-14)15(18)13-5-8-20-16(11-13)6-9-19-10-7-16/h1-4,13H,5-11H2. The summed E-state index contributed by atoms with van der Waals surface area (Å²) in [4.78, 5) is 12.6. The zero-order valence-electron chi connectivity index (χ0n) is 11.4. The minimum absolute atomic E-state index is 0.0861. The van der Waals surface area contributed by atoms with Crippen LogP contribution in [0.4, 0.5) is 0 Å². The van der Waals surface area contributed by atoms with Crippen molar-refractivity contribution in [2.24, 2.45) is 5.92 Å². The summed E-state index contributed by atoms with van der Waals surface area (Å²) in [6, 6.07) is 7.66. The molecule has 4 heteroatoms. The summed E-state index contributed by atoms with van der Waals surface area (Å²) < 4.78 is 12.4. The van der Waals surface area contributed by atoms with E-state index in [4.69, 9.17) is 9.47 Å². The Morgan fingerprint density at radius 1 is 1.15 bits per heavy atom. The minimum Gasteiger partial charge on any atom is -0.381 e. The quantitative estimate of drug-likeness (QED) is 0.773. The van der Waals surface area contributed by atoms with Crippen LogP contribution in [0.15, 0.2) is 28.7 Å². The Kier molecular flexibility index (Phi) is 4.24. The lowest BCUT2D eigenvalue weighted by Gasteiger charge is -2.42. The maximum Gasteiger partial charge on any atom is 0.166 e. The number of Topliss-reactive ketones (excluding diaryl/α,β-unsaturated/α-hetero) is 1. The lowest BCUT2D eigenvalue weighted by molar-refractivity contribution is -0.142. The first-order valence-corrected chi connectivity index (χ1v) is 7.99. The topological polar surface area (TPSA) is 35.5 Å². The highest BCUT2D eigenvalue weighted by Gasteiger charge is 2.41. The molecule has 0 aliphatic carbocycles. The van der Waals surface area contributed by atoms with Gasteiger partial charge in [-0.3, -0.25) is 4.79 Å². The van der Waals surface area contributed by atoms with Crippen molar-refractivity contribution in [1.29, 1.82) is 0 Å². The van der Waals surface area contributed by atoms with E-state index < -0.39 is 0 Å². The second kappa shape index (κ2) is 5.96. The maximum absolute atomic E-state index is 12.6. The van der Waals surface area contributed by atoms with Gasteiger partial charge in [-0.05, 0) is 37.8 Å². The highest BCUT2D eigenvalue weighted by Crippen LogP contribution is 2.38. The second-order valence-corrected chi connectivity index (χ2v) is 6.62. The normalized spacial score (nSPS) is 25.6. The SMILES string of the molecule is O=C(c1ccc(Br)cc1)C1CCOC2(CCOCC2)C1. The van der Waals surface area contributed by atoms with E-state index >= 15 is 0 Å². The van der Waals surface area contributed by atoms with Gasteiger partial charge >= 0.3 is 0 Å². The van der Waals surface area contributed by atoms with Crippen LogP contribution < -0.4 is 0 Å². The van der Waals surface area contributed by atoms with Crippen LogP contribution >= 0.6 is 15.9 Å². The van der Waals surface area contributed by atoms with Crippen molar-refractivity contribution in [1.82, 2.24) is 0 Å². The van der Waals surface area contributed by atoms with Crippen molar-refractivity contribution in [3.05, 3.63) is 34.3 Å². The van der Waals surface area contributed by atoms with Gasteiger partial charge in [0, 0.05) is 35.8 Å². The van der Waals surface area contributed by atoms with Crippen LogP contribution in [0.2, 0.25) is 0 Å². The molecule has 0 saturated carbocycles. The van der Waals surface area contributed by atoms with E-state index in [0.717, 1.165) is 48.9 Å². The van der Waals surface area contributed by atoms with Gasteiger partial charge in [-0.15, -0.1) is 0 Å². The van der Waals surface area contributed by atoms with Crippen LogP contribution in [0.1, 0.15) is 36.0 Å². The Morgan fingerprint density at radius 2 is 1.85 bits per heavy atom. The minimum atomic E-state index is -0.119. The van der Waals surface area contributed by atoms with Crippen LogP contribution in [0.3, 0.4) is 0 Å². The van der Waals surface area contributed by atoms with Crippen LogP contribution in [0.25, 0.3) is 0 Å². The van der Waals surface area contributed by atoms with Gasteiger partial charge in [0.1, 0.15) is 0 Å². The van der Waals surface area contributed by atoms with Crippen molar-refractivity contribution >= 4 is 21.7 Å². The van der Waals surface area contributed by atoms with Crippen molar-refractivity contribution < 1.29 is 14.3 Å². The van der Waals surface area contributed by atoms with Gasteiger partial charge < -0.3 is 9.47 Å². The molecule has 2 aliphatic rings. The van der Waals surface area contributed by atoms with Crippen molar-refractivity contribution in [3.8, 4) is 0 Å². The third kappa shape index (κ3) is 2.97. The first kappa shape index (κ1) is 14.2. The lowest BCUT2D eigenvalue weighted by atomic mass is 9.78. The predicted octanol–water partition coefficient (Wildman–Crippen LogP) is 3.61. The Morgan fingerprint density at radius 3 is 2.55 bits per heavy atom. The summed E-state index contributed by atoms with van der Waals surface area (Å²) in [7, 11) is 0. The molecule has 0 aromatic heterocycles. The monoisotopic (exact) mass is 338 g/mol. The molecular weight excluding hydrogens is 320 g/mol. The molecule has 1 unspecified atom stereocenters. The van der Waals surface area contributed by atoms with Gasteiger partial charge in [0.15, 0.2) is 5.78 Å². The summed E-state index contributed by atoms with van der Waals surface area (Å²) in [5, 5.41) is 0. The van der Waals surface area contributed by atoms with E-state index in [-0.39, 0.29) is 17.3 Å². The van der Waals surface area contributed by atoms with Crippen molar-refractivity contribution in [3.63, 3.8) is 0 Å². The average Bonchev–Trinajstić information content (AvgIpc) is 2.48. The van der Waals surface area contributed by atoms with Crippen LogP contribution in [0, 0.1) is 5.92 Å². The Labute approximate surface area is 127 Å². The molecule has 1 spiro atoms. The summed E-state index contributed by atoms with van der Waals surface area (Å²) in [6.45, 7) is 2.19. The first-order valence-electron chi connectivity index (χ1n) is 7.20. The van der Waals surface area contributed by atoms with E-state index in [1.54, 1.807) is 0 Å². The molecule has 0 N–H and O–H groups in total. The number of carbonyl (C=O) groups excluding carboxylic acids is 1.